The second-order valence-corrected chi connectivity index (χ2v) is 6.98. The molecule has 3 amide bonds. The summed E-state index contributed by atoms with van der Waals surface area (Å²) < 4.78 is 11.6. The van der Waals surface area contributed by atoms with Crippen molar-refractivity contribution < 1.29 is 18.7 Å². The van der Waals surface area contributed by atoms with Crippen molar-refractivity contribution >= 4 is 39.2 Å². The van der Waals surface area contributed by atoms with E-state index in [-0.39, 0.29) is 25.0 Å². The fourth-order valence-electron chi connectivity index (χ4n) is 2.43. The van der Waals surface area contributed by atoms with Gasteiger partial charge in [-0.1, -0.05) is 22.0 Å². The van der Waals surface area contributed by atoms with E-state index in [1.54, 1.807) is 42.7 Å². The van der Waals surface area contributed by atoms with Crippen molar-refractivity contribution in [2.45, 2.75) is 13.0 Å². The van der Waals surface area contributed by atoms with Gasteiger partial charge in [-0.3, -0.25) is 4.79 Å². The van der Waals surface area contributed by atoms with Gasteiger partial charge in [0.25, 0.3) is 0 Å². The van der Waals surface area contributed by atoms with Gasteiger partial charge in [0.1, 0.15) is 11.5 Å². The highest BCUT2D eigenvalue weighted by Crippen LogP contribution is 2.18. The third kappa shape index (κ3) is 7.00. The van der Waals surface area contributed by atoms with E-state index in [1.807, 2.05) is 24.3 Å². The smallest absolute Gasteiger partial charge is 0.319 e. The molecule has 0 unspecified atom stereocenters. The molecule has 0 atom stereocenters. The van der Waals surface area contributed by atoms with E-state index in [0.717, 1.165) is 4.47 Å². The number of nitrogens with one attached hydrogen (secondary N) is 3. The summed E-state index contributed by atoms with van der Waals surface area (Å²) in [5, 5.41) is 8.20. The van der Waals surface area contributed by atoms with Crippen molar-refractivity contribution in [3.05, 3.63) is 77.2 Å². The Kier molecular flexibility index (Phi) is 7.29. The van der Waals surface area contributed by atoms with Crippen molar-refractivity contribution in [3.8, 4) is 5.75 Å². The minimum absolute atomic E-state index is 0.156. The minimum Gasteiger partial charge on any atom is -0.493 e. The lowest BCUT2D eigenvalue weighted by molar-refractivity contribution is -0.116. The maximum absolute atomic E-state index is 12.0. The number of rotatable bonds is 8. The van der Waals surface area contributed by atoms with Crippen molar-refractivity contribution in [1.29, 1.82) is 0 Å². The zero-order valence-electron chi connectivity index (χ0n) is 15.5. The number of benzene rings is 2. The van der Waals surface area contributed by atoms with Gasteiger partial charge in [-0.2, -0.15) is 0 Å². The Morgan fingerprint density at radius 2 is 1.72 bits per heavy atom. The molecule has 0 radical (unpaired) electrons. The van der Waals surface area contributed by atoms with Gasteiger partial charge in [0.2, 0.25) is 5.91 Å². The molecule has 3 N–H and O–H groups in total. The molecule has 0 bridgehead atoms. The predicted octanol–water partition coefficient (Wildman–Crippen LogP) is 4.77. The number of ether oxygens (including phenoxy) is 1. The Bertz CT molecular complexity index is 943. The van der Waals surface area contributed by atoms with E-state index < -0.39 is 0 Å². The van der Waals surface area contributed by atoms with E-state index in [4.69, 9.17) is 9.15 Å². The number of halogens is 1. The molecule has 0 aliphatic heterocycles. The molecule has 150 valence electrons. The summed E-state index contributed by atoms with van der Waals surface area (Å²) >= 11 is 3.37. The van der Waals surface area contributed by atoms with E-state index in [9.17, 15) is 9.59 Å². The maximum Gasteiger partial charge on any atom is 0.319 e. The summed E-state index contributed by atoms with van der Waals surface area (Å²) in [5.74, 6) is 1.21. The Morgan fingerprint density at radius 3 is 2.41 bits per heavy atom. The summed E-state index contributed by atoms with van der Waals surface area (Å²) in [6.45, 7) is 0.576. The zero-order chi connectivity index (χ0) is 20.5. The van der Waals surface area contributed by atoms with Gasteiger partial charge in [-0.05, 0) is 54.6 Å². The molecule has 3 rings (SSSR count). The quantitative estimate of drug-likeness (QED) is 0.454. The number of furan rings is 1. The van der Waals surface area contributed by atoms with Crippen LogP contribution >= 0.6 is 15.9 Å². The number of hydrogen-bond acceptors (Lipinski definition) is 4. The summed E-state index contributed by atoms with van der Waals surface area (Å²) in [4.78, 5) is 23.9. The van der Waals surface area contributed by atoms with Gasteiger partial charge in [0.15, 0.2) is 0 Å². The van der Waals surface area contributed by atoms with Crippen molar-refractivity contribution in [2.24, 2.45) is 0 Å². The average Bonchev–Trinajstić information content (AvgIpc) is 3.22. The first-order valence-electron chi connectivity index (χ1n) is 8.94. The number of hydrogen-bond donors (Lipinski definition) is 3. The Hall–Kier alpha value is -3.26. The van der Waals surface area contributed by atoms with Crippen LogP contribution in [0.3, 0.4) is 0 Å². The Labute approximate surface area is 176 Å². The lowest BCUT2D eigenvalue weighted by Gasteiger charge is -2.09. The van der Waals surface area contributed by atoms with Gasteiger partial charge >= 0.3 is 6.03 Å². The molecule has 29 heavy (non-hydrogen) atoms. The lowest BCUT2D eigenvalue weighted by Crippen LogP contribution is -2.27. The molecule has 0 aliphatic carbocycles. The highest BCUT2D eigenvalue weighted by Gasteiger charge is 2.06. The fourth-order valence-corrected chi connectivity index (χ4v) is 2.81. The van der Waals surface area contributed by atoms with Gasteiger partial charge in [-0.25, -0.2) is 4.79 Å². The number of carbonyl (C=O) groups is 2. The molecule has 0 aliphatic rings. The second kappa shape index (κ2) is 10.3. The van der Waals surface area contributed by atoms with Crippen LogP contribution in [0.1, 0.15) is 12.2 Å². The van der Waals surface area contributed by atoms with Crippen LogP contribution in [-0.4, -0.2) is 18.5 Å². The number of amides is 3. The van der Waals surface area contributed by atoms with Crippen LogP contribution in [0.15, 0.2) is 75.8 Å². The molecule has 7 nitrogen and oxygen atoms in total. The first-order valence-corrected chi connectivity index (χ1v) is 9.73. The van der Waals surface area contributed by atoms with Crippen molar-refractivity contribution in [1.82, 2.24) is 5.32 Å². The molecular formula is C21H20BrN3O4. The van der Waals surface area contributed by atoms with Crippen LogP contribution < -0.4 is 20.7 Å². The Balaban J connectivity index is 1.38. The predicted molar refractivity (Wildman–Crippen MR) is 114 cm³/mol. The van der Waals surface area contributed by atoms with E-state index in [2.05, 4.69) is 31.9 Å². The van der Waals surface area contributed by atoms with Crippen LogP contribution in [0.4, 0.5) is 16.2 Å². The van der Waals surface area contributed by atoms with Crippen LogP contribution in [0, 0.1) is 0 Å². The fraction of sp³-hybridized carbons (Fsp3) is 0.143. The van der Waals surface area contributed by atoms with E-state index in [0.29, 0.717) is 29.4 Å². The topological polar surface area (TPSA) is 92.6 Å². The van der Waals surface area contributed by atoms with Gasteiger partial charge in [-0.15, -0.1) is 0 Å². The third-order valence-electron chi connectivity index (χ3n) is 3.82. The van der Waals surface area contributed by atoms with Crippen molar-refractivity contribution in [3.63, 3.8) is 0 Å². The lowest BCUT2D eigenvalue weighted by atomic mass is 10.2. The van der Waals surface area contributed by atoms with Gasteiger partial charge < -0.3 is 25.1 Å². The molecule has 0 saturated heterocycles. The van der Waals surface area contributed by atoms with Gasteiger partial charge in [0, 0.05) is 15.8 Å². The summed E-state index contributed by atoms with van der Waals surface area (Å²) in [6.07, 6.45) is 1.77. The van der Waals surface area contributed by atoms with E-state index in [1.165, 1.54) is 0 Å². The summed E-state index contributed by atoms with van der Waals surface area (Å²) in [6, 6.07) is 17.5. The van der Waals surface area contributed by atoms with Crippen LogP contribution in [0.2, 0.25) is 0 Å². The third-order valence-corrected chi connectivity index (χ3v) is 4.32. The second-order valence-electron chi connectivity index (χ2n) is 6.07. The summed E-state index contributed by atoms with van der Waals surface area (Å²) in [7, 11) is 0. The number of anilines is 2. The molecule has 0 spiro atoms. The van der Waals surface area contributed by atoms with Crippen LogP contribution in [0.5, 0.6) is 5.75 Å². The highest BCUT2D eigenvalue weighted by molar-refractivity contribution is 9.10. The number of carbonyl (C=O) groups excluding carboxylic acids is 2. The maximum atomic E-state index is 12.0. The molecule has 2 aromatic carbocycles. The first-order chi connectivity index (χ1) is 14.1. The van der Waals surface area contributed by atoms with Gasteiger partial charge in [0.05, 0.1) is 25.8 Å². The standard InChI is InChI=1S/C21H20BrN3O4/c22-15-3-1-4-18(13-15)29-12-10-20(26)24-16-6-8-17(9-7-16)25-21(27)23-14-19-5-2-11-28-19/h1-9,11,13H,10,12,14H2,(H,24,26)(H2,23,25,27). The molecule has 1 heterocycles. The SMILES string of the molecule is O=C(CCOc1cccc(Br)c1)Nc1ccc(NC(=O)NCc2ccco2)cc1. The number of urea groups is 1. The highest BCUT2D eigenvalue weighted by atomic mass is 79.9. The van der Waals surface area contributed by atoms with Crippen molar-refractivity contribution in [2.75, 3.05) is 17.2 Å². The molecule has 0 saturated carbocycles. The normalized spacial score (nSPS) is 10.2. The molecular weight excluding hydrogens is 438 g/mol. The molecule has 8 heteroatoms. The first kappa shape index (κ1) is 20.5. The minimum atomic E-state index is -0.345. The Morgan fingerprint density at radius 1 is 0.966 bits per heavy atom. The zero-order valence-corrected chi connectivity index (χ0v) is 17.1. The molecule has 0 fully saturated rings. The summed E-state index contributed by atoms with van der Waals surface area (Å²) in [5.41, 5.74) is 1.25. The monoisotopic (exact) mass is 457 g/mol. The largest absolute Gasteiger partial charge is 0.493 e. The molecule has 1 aromatic heterocycles. The van der Waals surface area contributed by atoms with Crippen LogP contribution in [-0.2, 0) is 11.3 Å². The molecule has 3 aromatic rings. The van der Waals surface area contributed by atoms with E-state index >= 15 is 0 Å². The van der Waals surface area contributed by atoms with Crippen LogP contribution in [0.25, 0.3) is 0 Å². The average molecular weight is 458 g/mol.